The predicted octanol–water partition coefficient (Wildman–Crippen LogP) is 3.39. The van der Waals surface area contributed by atoms with Crippen LogP contribution in [0.25, 0.3) is 0 Å². The average Bonchev–Trinajstić information content (AvgIpc) is 3.02. The van der Waals surface area contributed by atoms with E-state index in [1.54, 1.807) is 11.3 Å². The van der Waals surface area contributed by atoms with Crippen molar-refractivity contribution in [2.24, 2.45) is 0 Å². The van der Waals surface area contributed by atoms with Gasteiger partial charge in [-0.25, -0.2) is 0 Å². The molecule has 0 fully saturated rings. The van der Waals surface area contributed by atoms with Crippen LogP contribution in [-0.4, -0.2) is 23.5 Å². The predicted molar refractivity (Wildman–Crippen MR) is 84.0 cm³/mol. The van der Waals surface area contributed by atoms with Crippen molar-refractivity contribution in [1.82, 2.24) is 5.32 Å². The molecule has 0 bridgehead atoms. The second-order valence-electron chi connectivity index (χ2n) is 5.58. The highest BCUT2D eigenvalue weighted by Gasteiger charge is 2.17. The molecule has 1 heterocycles. The molecule has 0 aromatic carbocycles. The van der Waals surface area contributed by atoms with Gasteiger partial charge in [-0.2, -0.15) is 0 Å². The molecule has 1 aromatic heterocycles. The summed E-state index contributed by atoms with van der Waals surface area (Å²) >= 11 is 1.64. The van der Waals surface area contributed by atoms with Gasteiger partial charge < -0.3 is 10.4 Å². The molecule has 116 valence electrons. The zero-order valence-electron chi connectivity index (χ0n) is 12.3. The summed E-state index contributed by atoms with van der Waals surface area (Å²) in [7, 11) is 0. The normalized spacial score (nSPS) is 13.1. The molecule has 1 aromatic rings. The van der Waals surface area contributed by atoms with Gasteiger partial charge in [-0.3, -0.25) is 9.59 Å². The van der Waals surface area contributed by atoms with Crippen LogP contribution in [0, 0.1) is 0 Å². The highest BCUT2D eigenvalue weighted by molar-refractivity contribution is 7.14. The lowest BCUT2D eigenvalue weighted by atomic mass is 10.1. The monoisotopic (exact) mass is 309 g/mol. The van der Waals surface area contributed by atoms with E-state index in [1.807, 2.05) is 6.07 Å². The Kier molecular flexibility index (Phi) is 6.23. The summed E-state index contributed by atoms with van der Waals surface area (Å²) in [5.74, 6) is -0.662. The Morgan fingerprint density at radius 2 is 1.90 bits per heavy atom. The summed E-state index contributed by atoms with van der Waals surface area (Å²) in [6.45, 7) is 0.709. The molecule has 1 aliphatic rings. The molecule has 2 N–H and O–H groups in total. The minimum Gasteiger partial charge on any atom is -0.481 e. The van der Waals surface area contributed by atoms with Gasteiger partial charge in [0.2, 0.25) is 0 Å². The Morgan fingerprint density at radius 3 is 2.67 bits per heavy atom. The third kappa shape index (κ3) is 5.16. The average molecular weight is 309 g/mol. The summed E-state index contributed by atoms with van der Waals surface area (Å²) in [5.41, 5.74) is 1.36. The number of fused-ring (bicyclic) bond motifs is 1. The Hall–Kier alpha value is -1.36. The first-order valence-corrected chi connectivity index (χ1v) is 8.60. The molecule has 2 rings (SSSR count). The Labute approximate surface area is 129 Å². The quantitative estimate of drug-likeness (QED) is 0.687. The number of carbonyl (C=O) groups is 2. The fourth-order valence-electron chi connectivity index (χ4n) is 2.66. The molecular weight excluding hydrogens is 286 g/mol. The number of carboxylic acid groups (broad SMARTS) is 1. The first kappa shape index (κ1) is 16.0. The van der Waals surface area contributed by atoms with Gasteiger partial charge in [0.1, 0.15) is 0 Å². The minimum absolute atomic E-state index is 0.0558. The molecule has 0 aliphatic heterocycles. The molecule has 0 saturated heterocycles. The third-order valence-corrected chi connectivity index (χ3v) is 5.06. The van der Waals surface area contributed by atoms with Gasteiger partial charge in [0.25, 0.3) is 5.91 Å². The number of carboxylic acids is 1. The van der Waals surface area contributed by atoms with Crippen molar-refractivity contribution in [3.05, 3.63) is 21.4 Å². The lowest BCUT2D eigenvalue weighted by molar-refractivity contribution is -0.137. The van der Waals surface area contributed by atoms with Crippen LogP contribution < -0.4 is 5.32 Å². The number of aryl methyl sites for hydroxylation is 2. The lowest BCUT2D eigenvalue weighted by Gasteiger charge is -2.03. The van der Waals surface area contributed by atoms with Gasteiger partial charge in [0, 0.05) is 17.8 Å². The molecule has 4 nitrogen and oxygen atoms in total. The second-order valence-corrected chi connectivity index (χ2v) is 6.72. The van der Waals surface area contributed by atoms with Crippen molar-refractivity contribution in [3.8, 4) is 0 Å². The zero-order valence-corrected chi connectivity index (χ0v) is 13.1. The Bertz CT molecular complexity index is 474. The van der Waals surface area contributed by atoms with Crippen molar-refractivity contribution < 1.29 is 14.7 Å². The maximum Gasteiger partial charge on any atom is 0.303 e. The molecule has 21 heavy (non-hydrogen) atoms. The van der Waals surface area contributed by atoms with Gasteiger partial charge in [-0.15, -0.1) is 11.3 Å². The molecule has 0 atom stereocenters. The van der Waals surface area contributed by atoms with Crippen LogP contribution in [0.4, 0.5) is 0 Å². The van der Waals surface area contributed by atoms with Gasteiger partial charge in [-0.1, -0.05) is 19.3 Å². The number of hydrogen-bond acceptors (Lipinski definition) is 3. The van der Waals surface area contributed by atoms with E-state index in [1.165, 1.54) is 16.9 Å². The maximum atomic E-state index is 12.0. The van der Waals surface area contributed by atoms with Gasteiger partial charge in [0.15, 0.2) is 0 Å². The van der Waals surface area contributed by atoms with Crippen molar-refractivity contribution in [2.75, 3.05) is 6.54 Å². The van der Waals surface area contributed by atoms with E-state index in [-0.39, 0.29) is 12.3 Å². The van der Waals surface area contributed by atoms with Crippen LogP contribution in [0.5, 0.6) is 0 Å². The molecule has 0 spiro atoms. The molecule has 1 aliphatic carbocycles. The van der Waals surface area contributed by atoms with Crippen LogP contribution in [0.15, 0.2) is 6.07 Å². The number of amides is 1. The van der Waals surface area contributed by atoms with E-state index in [0.29, 0.717) is 6.54 Å². The highest BCUT2D eigenvalue weighted by atomic mass is 32.1. The molecule has 5 heteroatoms. The number of nitrogens with one attached hydrogen (secondary N) is 1. The van der Waals surface area contributed by atoms with Crippen LogP contribution in [0.2, 0.25) is 0 Å². The van der Waals surface area contributed by atoms with Crippen molar-refractivity contribution in [2.45, 2.75) is 57.8 Å². The summed E-state index contributed by atoms with van der Waals surface area (Å²) in [6.07, 6.45) is 8.49. The minimum atomic E-state index is -0.717. The first-order chi connectivity index (χ1) is 10.2. The third-order valence-electron chi connectivity index (χ3n) is 3.82. The van der Waals surface area contributed by atoms with E-state index < -0.39 is 5.97 Å². The standard InChI is InChI=1S/C16H23NO3S/c18-15(19)9-4-2-1-3-5-10-17-16(20)14-11-12-7-6-8-13(12)21-14/h11H,1-10H2,(H,17,20)(H,18,19). The maximum absolute atomic E-state index is 12.0. The lowest BCUT2D eigenvalue weighted by Crippen LogP contribution is -2.23. The molecule has 1 amide bonds. The topological polar surface area (TPSA) is 66.4 Å². The number of hydrogen-bond donors (Lipinski definition) is 2. The van der Waals surface area contributed by atoms with E-state index >= 15 is 0 Å². The summed E-state index contributed by atoms with van der Waals surface area (Å²) < 4.78 is 0. The van der Waals surface area contributed by atoms with Crippen LogP contribution in [-0.2, 0) is 17.6 Å². The smallest absolute Gasteiger partial charge is 0.303 e. The van der Waals surface area contributed by atoms with Crippen LogP contribution >= 0.6 is 11.3 Å². The fraction of sp³-hybridized carbons (Fsp3) is 0.625. The number of unbranched alkanes of at least 4 members (excludes halogenated alkanes) is 4. The van der Waals surface area contributed by atoms with E-state index in [0.717, 1.165) is 49.8 Å². The molecule has 0 radical (unpaired) electrons. The number of aliphatic carboxylic acids is 1. The summed E-state index contributed by atoms with van der Waals surface area (Å²) in [6, 6.07) is 2.05. The molecule has 0 unspecified atom stereocenters. The number of rotatable bonds is 9. The zero-order chi connectivity index (χ0) is 15.1. The Balaban J connectivity index is 1.54. The molecular formula is C16H23NO3S. The van der Waals surface area contributed by atoms with E-state index in [4.69, 9.17) is 5.11 Å². The van der Waals surface area contributed by atoms with Crippen LogP contribution in [0.3, 0.4) is 0 Å². The highest BCUT2D eigenvalue weighted by Crippen LogP contribution is 2.30. The van der Waals surface area contributed by atoms with Crippen molar-refractivity contribution in [3.63, 3.8) is 0 Å². The SMILES string of the molecule is O=C(O)CCCCCCCNC(=O)c1cc2c(s1)CCC2. The van der Waals surface area contributed by atoms with Gasteiger partial charge >= 0.3 is 5.97 Å². The summed E-state index contributed by atoms with van der Waals surface area (Å²) in [4.78, 5) is 24.6. The fourth-order valence-corrected chi connectivity index (χ4v) is 3.83. The largest absolute Gasteiger partial charge is 0.481 e. The number of thiophene rings is 1. The van der Waals surface area contributed by atoms with Gasteiger partial charge in [-0.05, 0) is 43.7 Å². The van der Waals surface area contributed by atoms with Crippen LogP contribution in [0.1, 0.15) is 65.1 Å². The van der Waals surface area contributed by atoms with Crippen molar-refractivity contribution >= 4 is 23.2 Å². The van der Waals surface area contributed by atoms with E-state index in [2.05, 4.69) is 5.32 Å². The second kappa shape index (κ2) is 8.17. The van der Waals surface area contributed by atoms with Crippen molar-refractivity contribution in [1.29, 1.82) is 0 Å². The first-order valence-electron chi connectivity index (χ1n) is 7.78. The number of carbonyl (C=O) groups excluding carboxylic acids is 1. The van der Waals surface area contributed by atoms with E-state index in [9.17, 15) is 9.59 Å². The summed E-state index contributed by atoms with van der Waals surface area (Å²) in [5, 5.41) is 11.5. The Morgan fingerprint density at radius 1 is 1.14 bits per heavy atom. The molecule has 0 saturated carbocycles. The van der Waals surface area contributed by atoms with Gasteiger partial charge in [0.05, 0.1) is 4.88 Å².